The molecule has 5 nitrogen and oxygen atoms in total. The summed E-state index contributed by atoms with van der Waals surface area (Å²) in [4.78, 5) is 20.3. The zero-order valence-corrected chi connectivity index (χ0v) is 7.27. The van der Waals surface area contributed by atoms with E-state index in [2.05, 4.69) is 0 Å². The Morgan fingerprint density at radius 3 is 2.23 bits per heavy atom. The quantitative estimate of drug-likeness (QED) is 0.457. The predicted octanol–water partition coefficient (Wildman–Crippen LogP) is -0.0381. The highest BCUT2D eigenvalue weighted by atomic mass is 16.6. The van der Waals surface area contributed by atoms with Gasteiger partial charge in [0, 0.05) is 23.7 Å². The van der Waals surface area contributed by atoms with Crippen molar-refractivity contribution >= 4 is 5.97 Å². The summed E-state index contributed by atoms with van der Waals surface area (Å²) >= 11 is 0. The van der Waals surface area contributed by atoms with E-state index in [1.54, 1.807) is 0 Å². The summed E-state index contributed by atoms with van der Waals surface area (Å²) in [5.41, 5.74) is 0. The topological polar surface area (TPSA) is 83.3 Å². The lowest BCUT2D eigenvalue weighted by Gasteiger charge is -2.23. The normalized spacial score (nSPS) is 28.3. The molecule has 0 N–H and O–H groups in total. The van der Waals surface area contributed by atoms with Crippen molar-refractivity contribution in [3.05, 3.63) is 10.1 Å². The molecule has 0 bridgehead atoms. The van der Waals surface area contributed by atoms with E-state index in [0.29, 0.717) is 25.7 Å². The van der Waals surface area contributed by atoms with Crippen LogP contribution in [0.15, 0.2) is 0 Å². The zero-order valence-electron chi connectivity index (χ0n) is 7.27. The van der Waals surface area contributed by atoms with E-state index >= 15 is 0 Å². The molecule has 0 atom stereocenters. The molecule has 0 amide bonds. The highest BCUT2D eigenvalue weighted by Crippen LogP contribution is 2.27. The van der Waals surface area contributed by atoms with Crippen molar-refractivity contribution in [1.29, 1.82) is 0 Å². The van der Waals surface area contributed by atoms with E-state index in [1.165, 1.54) is 0 Å². The molecule has 0 saturated heterocycles. The molecule has 0 spiro atoms. The van der Waals surface area contributed by atoms with Crippen LogP contribution in [0.5, 0.6) is 0 Å². The fraction of sp³-hybridized carbons (Fsp3) is 0.875. The number of carbonyl (C=O) groups excluding carboxylic acids is 1. The number of carboxylic acid groups (broad SMARTS) is 1. The Kier molecular flexibility index (Phi) is 3.22. The number of aliphatic carboxylic acids is 1. The molecule has 1 rings (SSSR count). The van der Waals surface area contributed by atoms with Crippen LogP contribution in [0.3, 0.4) is 0 Å². The average molecular weight is 186 g/mol. The minimum absolute atomic E-state index is 0.0461. The third-order valence-corrected chi connectivity index (χ3v) is 2.57. The minimum Gasteiger partial charge on any atom is -0.550 e. The fourth-order valence-electron chi connectivity index (χ4n) is 1.80. The molecule has 0 aromatic rings. The van der Waals surface area contributed by atoms with Crippen LogP contribution in [-0.2, 0) is 4.79 Å². The molecule has 1 saturated carbocycles. The first-order chi connectivity index (χ1) is 6.09. The number of rotatable bonds is 3. The Bertz CT molecular complexity index is 208. The molecular weight excluding hydrogens is 174 g/mol. The van der Waals surface area contributed by atoms with Crippen molar-refractivity contribution in [3.63, 3.8) is 0 Å². The second kappa shape index (κ2) is 4.20. The molecule has 13 heavy (non-hydrogen) atoms. The third-order valence-electron chi connectivity index (χ3n) is 2.57. The summed E-state index contributed by atoms with van der Waals surface area (Å²) in [6, 6.07) is -0.460. The van der Waals surface area contributed by atoms with Crippen LogP contribution in [0, 0.1) is 16.0 Å². The molecular formula is C8H12NO4-. The molecule has 1 aliphatic rings. The van der Waals surface area contributed by atoms with Gasteiger partial charge < -0.3 is 9.90 Å². The lowest BCUT2D eigenvalue weighted by Crippen LogP contribution is -2.30. The van der Waals surface area contributed by atoms with Gasteiger partial charge in [-0.1, -0.05) is 0 Å². The van der Waals surface area contributed by atoms with Crippen molar-refractivity contribution in [2.24, 2.45) is 5.92 Å². The van der Waals surface area contributed by atoms with Crippen LogP contribution in [-0.4, -0.2) is 16.9 Å². The van der Waals surface area contributed by atoms with Crippen molar-refractivity contribution < 1.29 is 14.8 Å². The Balaban J connectivity index is 2.30. The van der Waals surface area contributed by atoms with Crippen molar-refractivity contribution in [2.45, 2.75) is 38.1 Å². The highest BCUT2D eigenvalue weighted by Gasteiger charge is 2.27. The molecule has 0 aromatic heterocycles. The van der Waals surface area contributed by atoms with Gasteiger partial charge in [-0.25, -0.2) is 0 Å². The van der Waals surface area contributed by atoms with E-state index in [-0.39, 0.29) is 17.3 Å². The number of hydrogen-bond acceptors (Lipinski definition) is 4. The lowest BCUT2D eigenvalue weighted by atomic mass is 9.84. The molecule has 74 valence electrons. The molecule has 0 aromatic carbocycles. The van der Waals surface area contributed by atoms with Crippen LogP contribution in [0.25, 0.3) is 0 Å². The van der Waals surface area contributed by atoms with Gasteiger partial charge in [0.15, 0.2) is 0 Å². The van der Waals surface area contributed by atoms with E-state index < -0.39 is 12.0 Å². The Morgan fingerprint density at radius 1 is 1.31 bits per heavy atom. The van der Waals surface area contributed by atoms with Gasteiger partial charge in [-0.05, 0) is 25.2 Å². The van der Waals surface area contributed by atoms with Crippen molar-refractivity contribution in [3.8, 4) is 0 Å². The standard InChI is InChI=1S/C8H13NO4/c10-8(11)5-6-1-3-7(4-2-6)9(12)13/h6-7H,1-5H2,(H,10,11)/p-1. The van der Waals surface area contributed by atoms with Gasteiger partial charge in [0.25, 0.3) is 0 Å². The number of carbonyl (C=O) groups is 1. The van der Waals surface area contributed by atoms with Gasteiger partial charge in [0.05, 0.1) is 0 Å². The van der Waals surface area contributed by atoms with Crippen molar-refractivity contribution in [1.82, 2.24) is 0 Å². The summed E-state index contributed by atoms with van der Waals surface area (Å²) in [6.45, 7) is 0. The van der Waals surface area contributed by atoms with Gasteiger partial charge in [0.2, 0.25) is 6.04 Å². The maximum atomic E-state index is 10.4. The largest absolute Gasteiger partial charge is 0.550 e. The summed E-state index contributed by atoms with van der Waals surface area (Å²) in [7, 11) is 0. The maximum absolute atomic E-state index is 10.4. The molecule has 0 radical (unpaired) electrons. The maximum Gasteiger partial charge on any atom is 0.213 e. The summed E-state index contributed by atoms with van der Waals surface area (Å²) in [5, 5.41) is 20.6. The molecule has 0 aliphatic heterocycles. The second-order valence-corrected chi connectivity index (χ2v) is 3.54. The van der Waals surface area contributed by atoms with Gasteiger partial charge >= 0.3 is 0 Å². The Morgan fingerprint density at radius 2 is 1.85 bits per heavy atom. The first-order valence-corrected chi connectivity index (χ1v) is 4.43. The number of hydrogen-bond donors (Lipinski definition) is 0. The third kappa shape index (κ3) is 3.01. The Labute approximate surface area is 75.9 Å². The summed E-state index contributed by atoms with van der Waals surface area (Å²) < 4.78 is 0. The first-order valence-electron chi connectivity index (χ1n) is 4.43. The molecule has 1 fully saturated rings. The van der Waals surface area contributed by atoms with E-state index in [4.69, 9.17) is 0 Å². The van der Waals surface area contributed by atoms with Gasteiger partial charge in [-0.15, -0.1) is 0 Å². The van der Waals surface area contributed by atoms with Crippen molar-refractivity contribution in [2.75, 3.05) is 0 Å². The van der Waals surface area contributed by atoms with Crippen LogP contribution >= 0.6 is 0 Å². The molecule has 1 aliphatic carbocycles. The average Bonchev–Trinajstić information content (AvgIpc) is 2.04. The van der Waals surface area contributed by atoms with Crippen LogP contribution in [0.2, 0.25) is 0 Å². The number of nitrogens with zero attached hydrogens (tertiary/aromatic N) is 1. The van der Waals surface area contributed by atoms with E-state index in [0.717, 1.165) is 0 Å². The molecule has 0 heterocycles. The van der Waals surface area contributed by atoms with Crippen LogP contribution in [0.4, 0.5) is 0 Å². The van der Waals surface area contributed by atoms with E-state index in [1.807, 2.05) is 0 Å². The van der Waals surface area contributed by atoms with Crippen LogP contribution < -0.4 is 5.11 Å². The van der Waals surface area contributed by atoms with Gasteiger partial charge in [0.1, 0.15) is 0 Å². The van der Waals surface area contributed by atoms with Gasteiger partial charge in [-0.3, -0.25) is 10.1 Å². The number of carboxylic acids is 1. The molecule has 0 unspecified atom stereocenters. The Hall–Kier alpha value is -1.13. The highest BCUT2D eigenvalue weighted by molar-refractivity contribution is 5.64. The monoisotopic (exact) mass is 186 g/mol. The van der Waals surface area contributed by atoms with E-state index in [9.17, 15) is 20.0 Å². The summed E-state index contributed by atoms with van der Waals surface area (Å²) in [6.07, 6.45) is 2.33. The predicted molar refractivity (Wildman–Crippen MR) is 42.4 cm³/mol. The van der Waals surface area contributed by atoms with Gasteiger partial charge in [-0.2, -0.15) is 0 Å². The second-order valence-electron chi connectivity index (χ2n) is 3.54. The zero-order chi connectivity index (χ0) is 9.84. The van der Waals surface area contributed by atoms with Crippen LogP contribution in [0.1, 0.15) is 32.1 Å². The first kappa shape index (κ1) is 9.95. The summed E-state index contributed by atoms with van der Waals surface area (Å²) in [5.74, 6) is -0.967. The minimum atomic E-state index is -1.05. The number of nitro groups is 1. The smallest absolute Gasteiger partial charge is 0.213 e. The molecule has 5 heteroatoms. The SMILES string of the molecule is O=C([O-])CC1CCC([N+](=O)[O-])CC1. The lowest BCUT2D eigenvalue weighted by molar-refractivity contribution is -0.527. The fourth-order valence-corrected chi connectivity index (χ4v) is 1.80.